The number of likely N-dealkylation sites (N-methyl/N-ethyl adjacent to an activating group) is 1. The molecular formula is C20H33N3O4S. The topological polar surface area (TPSA) is 87.7 Å². The molecule has 1 aromatic rings. The molecule has 28 heavy (non-hydrogen) atoms. The average molecular weight is 412 g/mol. The van der Waals surface area contributed by atoms with Gasteiger partial charge in [-0.1, -0.05) is 20.8 Å². The third-order valence-corrected chi connectivity index (χ3v) is 4.80. The number of carbonyl (C=O) groups is 3. The van der Waals surface area contributed by atoms with E-state index >= 15 is 0 Å². The fourth-order valence-electron chi connectivity index (χ4n) is 2.72. The van der Waals surface area contributed by atoms with Gasteiger partial charge in [0, 0.05) is 6.04 Å². The zero-order valence-corrected chi connectivity index (χ0v) is 18.6. The number of thiophene rings is 1. The average Bonchev–Trinajstić information content (AvgIpc) is 2.94. The molecule has 0 unspecified atom stereocenters. The predicted octanol–water partition coefficient (Wildman–Crippen LogP) is 2.91. The summed E-state index contributed by atoms with van der Waals surface area (Å²) >= 11 is 1.33. The maximum absolute atomic E-state index is 12.5. The second-order valence-corrected chi connectivity index (χ2v) is 8.24. The number of nitrogens with one attached hydrogen (secondary N) is 2. The van der Waals surface area contributed by atoms with Gasteiger partial charge in [-0.2, -0.15) is 0 Å². The van der Waals surface area contributed by atoms with Gasteiger partial charge in [0.1, 0.15) is 5.00 Å². The van der Waals surface area contributed by atoms with Gasteiger partial charge >= 0.3 is 5.97 Å². The molecule has 0 radical (unpaired) electrons. The van der Waals surface area contributed by atoms with Crippen molar-refractivity contribution < 1.29 is 19.1 Å². The van der Waals surface area contributed by atoms with Crippen LogP contribution in [0.1, 0.15) is 57.5 Å². The number of nitrogens with zero attached hydrogens (tertiary/aromatic N) is 1. The summed E-state index contributed by atoms with van der Waals surface area (Å²) in [4.78, 5) is 38.6. The Morgan fingerprint density at radius 2 is 1.75 bits per heavy atom. The first-order valence-corrected chi connectivity index (χ1v) is 10.6. The van der Waals surface area contributed by atoms with E-state index in [1.54, 1.807) is 11.8 Å². The van der Waals surface area contributed by atoms with E-state index in [0.29, 0.717) is 23.0 Å². The lowest BCUT2D eigenvalue weighted by Gasteiger charge is -2.20. The van der Waals surface area contributed by atoms with Gasteiger partial charge in [-0.25, -0.2) is 4.79 Å². The minimum Gasteiger partial charge on any atom is -0.462 e. The first-order valence-electron chi connectivity index (χ1n) is 9.76. The molecule has 2 amide bonds. The van der Waals surface area contributed by atoms with E-state index < -0.39 is 5.97 Å². The van der Waals surface area contributed by atoms with Crippen molar-refractivity contribution in [2.45, 2.75) is 54.0 Å². The molecule has 0 saturated heterocycles. The minimum absolute atomic E-state index is 0.0534. The van der Waals surface area contributed by atoms with Crippen molar-refractivity contribution in [3.63, 3.8) is 0 Å². The molecule has 7 nitrogen and oxygen atoms in total. The van der Waals surface area contributed by atoms with Crippen molar-refractivity contribution in [1.29, 1.82) is 0 Å². The third-order valence-electron chi connectivity index (χ3n) is 3.86. The van der Waals surface area contributed by atoms with Gasteiger partial charge in [0.15, 0.2) is 0 Å². The number of hydrogen-bond acceptors (Lipinski definition) is 6. The molecule has 0 atom stereocenters. The second kappa shape index (κ2) is 11.8. The van der Waals surface area contributed by atoms with Gasteiger partial charge in [0.05, 0.1) is 25.3 Å². The van der Waals surface area contributed by atoms with Crippen molar-refractivity contribution >= 4 is 34.1 Å². The van der Waals surface area contributed by atoms with Crippen LogP contribution in [0.4, 0.5) is 5.00 Å². The molecule has 0 aliphatic carbocycles. The summed E-state index contributed by atoms with van der Waals surface area (Å²) in [5, 5.41) is 8.05. The Morgan fingerprint density at radius 1 is 1.11 bits per heavy atom. The lowest BCUT2D eigenvalue weighted by Crippen LogP contribution is -2.42. The van der Waals surface area contributed by atoms with Crippen molar-refractivity contribution in [1.82, 2.24) is 10.2 Å². The largest absolute Gasteiger partial charge is 0.462 e. The Bertz CT molecular complexity index is 670. The van der Waals surface area contributed by atoms with Gasteiger partial charge in [0.2, 0.25) is 11.8 Å². The van der Waals surface area contributed by atoms with Gasteiger partial charge in [-0.15, -0.1) is 11.3 Å². The molecule has 1 heterocycles. The lowest BCUT2D eigenvalue weighted by molar-refractivity contribution is -0.123. The zero-order chi connectivity index (χ0) is 21.3. The van der Waals surface area contributed by atoms with Crippen LogP contribution in [0.5, 0.6) is 0 Å². The molecule has 0 aliphatic rings. The number of amides is 2. The van der Waals surface area contributed by atoms with Crippen molar-refractivity contribution in [3.05, 3.63) is 16.5 Å². The van der Waals surface area contributed by atoms with Gasteiger partial charge in [-0.3, -0.25) is 14.5 Å². The minimum atomic E-state index is -0.418. The first-order chi connectivity index (χ1) is 13.2. The van der Waals surface area contributed by atoms with Gasteiger partial charge < -0.3 is 15.4 Å². The highest BCUT2D eigenvalue weighted by Crippen LogP contribution is 2.31. The smallest absolute Gasteiger partial charge is 0.341 e. The van der Waals surface area contributed by atoms with Crippen LogP contribution in [0.2, 0.25) is 0 Å². The molecule has 0 spiro atoms. The van der Waals surface area contributed by atoms with Crippen LogP contribution in [-0.4, -0.2) is 55.0 Å². The lowest BCUT2D eigenvalue weighted by atomic mass is 10.0. The SMILES string of the molecule is CCOC(=O)c1c(CC(C)C)csc1NC(=O)CN(CC)CC(=O)NC(C)C. The van der Waals surface area contributed by atoms with Crippen LogP contribution >= 0.6 is 11.3 Å². The molecule has 0 aromatic carbocycles. The fraction of sp³-hybridized carbons (Fsp3) is 0.650. The summed E-state index contributed by atoms with van der Waals surface area (Å²) in [5.74, 6) is -0.422. The van der Waals surface area contributed by atoms with E-state index in [0.717, 1.165) is 12.0 Å². The highest BCUT2D eigenvalue weighted by Gasteiger charge is 2.23. The van der Waals surface area contributed by atoms with E-state index in [1.165, 1.54) is 11.3 Å². The second-order valence-electron chi connectivity index (χ2n) is 7.36. The van der Waals surface area contributed by atoms with Crippen LogP contribution in [0, 0.1) is 5.92 Å². The van der Waals surface area contributed by atoms with Crippen molar-refractivity contribution in [2.24, 2.45) is 5.92 Å². The molecule has 1 rings (SSSR count). The van der Waals surface area contributed by atoms with Crippen LogP contribution in [0.25, 0.3) is 0 Å². The van der Waals surface area contributed by atoms with Crippen molar-refractivity contribution in [2.75, 3.05) is 31.6 Å². The number of hydrogen-bond donors (Lipinski definition) is 2. The van der Waals surface area contributed by atoms with E-state index in [9.17, 15) is 14.4 Å². The summed E-state index contributed by atoms with van der Waals surface area (Å²) in [6.07, 6.45) is 0.733. The van der Waals surface area contributed by atoms with E-state index in [-0.39, 0.29) is 37.6 Å². The quantitative estimate of drug-likeness (QED) is 0.547. The molecule has 1 aromatic heterocycles. The maximum Gasteiger partial charge on any atom is 0.341 e. The molecule has 158 valence electrons. The van der Waals surface area contributed by atoms with E-state index in [4.69, 9.17) is 4.74 Å². The number of esters is 1. The molecule has 0 bridgehead atoms. The fourth-order valence-corrected chi connectivity index (χ4v) is 3.70. The summed E-state index contributed by atoms with van der Waals surface area (Å²) in [5.41, 5.74) is 1.33. The zero-order valence-electron chi connectivity index (χ0n) is 17.8. The molecule has 8 heteroatoms. The Morgan fingerprint density at radius 3 is 2.29 bits per heavy atom. The Hall–Kier alpha value is -1.93. The number of rotatable bonds is 11. The molecule has 0 aliphatic heterocycles. The molecular weight excluding hydrogens is 378 g/mol. The monoisotopic (exact) mass is 411 g/mol. The van der Waals surface area contributed by atoms with Gasteiger partial charge in [-0.05, 0) is 50.6 Å². The van der Waals surface area contributed by atoms with Crippen LogP contribution in [0.3, 0.4) is 0 Å². The number of anilines is 1. The molecule has 0 saturated carbocycles. The standard InChI is InChI=1S/C20H33N3O4S/c1-7-23(10-16(24)21-14(5)6)11-17(25)22-19-18(20(26)27-8-2)15(12-28-19)9-13(3)4/h12-14H,7-11H2,1-6H3,(H,21,24)(H,22,25). The predicted molar refractivity (Wildman–Crippen MR) is 113 cm³/mol. The number of carbonyl (C=O) groups excluding carboxylic acids is 3. The Kier molecular flexibility index (Phi) is 10.2. The van der Waals surface area contributed by atoms with Crippen LogP contribution < -0.4 is 10.6 Å². The summed E-state index contributed by atoms with van der Waals surface area (Å²) in [7, 11) is 0. The van der Waals surface area contributed by atoms with Crippen LogP contribution in [0.15, 0.2) is 5.38 Å². The Balaban J connectivity index is 2.85. The van der Waals surface area contributed by atoms with E-state index in [1.807, 2.05) is 26.2 Å². The van der Waals surface area contributed by atoms with E-state index in [2.05, 4.69) is 24.5 Å². The molecule has 0 fully saturated rings. The van der Waals surface area contributed by atoms with Gasteiger partial charge in [0.25, 0.3) is 0 Å². The third kappa shape index (κ3) is 7.98. The summed E-state index contributed by atoms with van der Waals surface area (Å²) in [6, 6.07) is 0.0534. The highest BCUT2D eigenvalue weighted by atomic mass is 32.1. The normalized spacial score (nSPS) is 11.2. The number of ether oxygens (including phenoxy) is 1. The molecule has 2 N–H and O–H groups in total. The first kappa shape index (κ1) is 24.1. The highest BCUT2D eigenvalue weighted by molar-refractivity contribution is 7.15. The van der Waals surface area contributed by atoms with Crippen LogP contribution in [-0.2, 0) is 20.7 Å². The van der Waals surface area contributed by atoms with Crippen molar-refractivity contribution in [3.8, 4) is 0 Å². The maximum atomic E-state index is 12.5. The summed E-state index contributed by atoms with van der Waals surface area (Å²) < 4.78 is 5.18. The Labute approximate surface area is 171 Å². The summed E-state index contributed by atoms with van der Waals surface area (Å²) in [6.45, 7) is 12.6.